The van der Waals surface area contributed by atoms with Crippen LogP contribution in [-0.4, -0.2) is 30.6 Å². The van der Waals surface area contributed by atoms with Gasteiger partial charge in [0.2, 0.25) is 5.91 Å². The number of hydrogen-bond acceptors (Lipinski definition) is 3. The van der Waals surface area contributed by atoms with Crippen LogP contribution in [0, 0.1) is 5.41 Å². The number of anilines is 1. The van der Waals surface area contributed by atoms with Gasteiger partial charge < -0.3 is 14.7 Å². The van der Waals surface area contributed by atoms with Crippen LogP contribution in [0.5, 0.6) is 5.75 Å². The average Bonchev–Trinajstić information content (AvgIpc) is 2.95. The first-order valence-electron chi connectivity index (χ1n) is 7.68. The van der Waals surface area contributed by atoms with Crippen molar-refractivity contribution < 1.29 is 19.4 Å². The largest absolute Gasteiger partial charge is 0.497 e. The molecule has 0 unspecified atom stereocenters. The van der Waals surface area contributed by atoms with Gasteiger partial charge in [0.1, 0.15) is 5.75 Å². The number of rotatable bonds is 6. The first-order chi connectivity index (χ1) is 10.5. The number of carboxylic acid groups (broad SMARTS) is 1. The smallest absolute Gasteiger partial charge is 0.310 e. The molecule has 0 fully saturated rings. The van der Waals surface area contributed by atoms with Crippen molar-refractivity contribution >= 4 is 17.6 Å². The minimum Gasteiger partial charge on any atom is -0.497 e. The molecule has 1 aromatic rings. The van der Waals surface area contributed by atoms with Crippen molar-refractivity contribution in [1.82, 2.24) is 0 Å². The molecule has 22 heavy (non-hydrogen) atoms. The van der Waals surface area contributed by atoms with E-state index in [1.54, 1.807) is 12.0 Å². The fourth-order valence-corrected chi connectivity index (χ4v) is 3.03. The lowest BCUT2D eigenvalue weighted by Gasteiger charge is -2.28. The Labute approximate surface area is 130 Å². The number of ether oxygens (including phenoxy) is 1. The highest BCUT2D eigenvalue weighted by atomic mass is 16.5. The van der Waals surface area contributed by atoms with E-state index in [1.807, 2.05) is 32.0 Å². The van der Waals surface area contributed by atoms with Gasteiger partial charge in [-0.2, -0.15) is 0 Å². The molecule has 1 N–H and O–H groups in total. The van der Waals surface area contributed by atoms with Crippen LogP contribution in [0.15, 0.2) is 18.2 Å². The van der Waals surface area contributed by atoms with Gasteiger partial charge in [-0.1, -0.05) is 13.8 Å². The Morgan fingerprint density at radius 3 is 2.55 bits per heavy atom. The van der Waals surface area contributed by atoms with Crippen LogP contribution in [0.4, 0.5) is 5.69 Å². The Bertz CT molecular complexity index is 578. The van der Waals surface area contributed by atoms with E-state index in [1.165, 1.54) is 0 Å². The van der Waals surface area contributed by atoms with Crippen LogP contribution in [0.3, 0.4) is 0 Å². The van der Waals surface area contributed by atoms with E-state index >= 15 is 0 Å². The molecule has 120 valence electrons. The molecular weight excluding hydrogens is 282 g/mol. The lowest BCUT2D eigenvalue weighted by atomic mass is 9.79. The summed E-state index contributed by atoms with van der Waals surface area (Å²) in [5.74, 6) is -0.231. The molecule has 0 aliphatic carbocycles. The summed E-state index contributed by atoms with van der Waals surface area (Å²) < 4.78 is 5.20. The highest BCUT2D eigenvalue weighted by Gasteiger charge is 2.39. The summed E-state index contributed by atoms with van der Waals surface area (Å²) in [4.78, 5) is 25.9. The molecule has 0 atom stereocenters. The lowest BCUT2D eigenvalue weighted by molar-refractivity contribution is -0.152. The quantitative estimate of drug-likeness (QED) is 0.877. The van der Waals surface area contributed by atoms with Crippen molar-refractivity contribution in [2.75, 3.05) is 18.6 Å². The molecule has 1 amide bonds. The van der Waals surface area contributed by atoms with Crippen molar-refractivity contribution in [3.63, 3.8) is 0 Å². The monoisotopic (exact) mass is 305 g/mol. The molecule has 1 aromatic carbocycles. The van der Waals surface area contributed by atoms with Gasteiger partial charge in [0, 0.05) is 18.7 Å². The van der Waals surface area contributed by atoms with Crippen LogP contribution < -0.4 is 9.64 Å². The van der Waals surface area contributed by atoms with Gasteiger partial charge in [0.05, 0.1) is 12.5 Å². The molecule has 0 aromatic heterocycles. The minimum absolute atomic E-state index is 0.0425. The average molecular weight is 305 g/mol. The molecule has 5 heteroatoms. The SMILES string of the molecule is CCC(CC)(CC(=O)N1CCc2cc(OC)ccc21)C(=O)O. The van der Waals surface area contributed by atoms with E-state index in [-0.39, 0.29) is 12.3 Å². The number of fused-ring (bicyclic) bond motifs is 1. The van der Waals surface area contributed by atoms with Gasteiger partial charge >= 0.3 is 5.97 Å². The number of amides is 1. The lowest BCUT2D eigenvalue weighted by Crippen LogP contribution is -2.38. The second kappa shape index (κ2) is 6.38. The summed E-state index contributed by atoms with van der Waals surface area (Å²) >= 11 is 0. The summed E-state index contributed by atoms with van der Waals surface area (Å²) in [6.07, 6.45) is 1.72. The van der Waals surface area contributed by atoms with Crippen LogP contribution in [-0.2, 0) is 16.0 Å². The zero-order valence-corrected chi connectivity index (χ0v) is 13.4. The normalized spacial score (nSPS) is 13.9. The summed E-state index contributed by atoms with van der Waals surface area (Å²) in [7, 11) is 1.61. The predicted octanol–water partition coefficient (Wildman–Crippen LogP) is 2.87. The van der Waals surface area contributed by atoms with Gasteiger partial charge in [-0.3, -0.25) is 9.59 Å². The minimum atomic E-state index is -0.966. The van der Waals surface area contributed by atoms with Crippen molar-refractivity contribution in [3.05, 3.63) is 23.8 Å². The zero-order valence-electron chi connectivity index (χ0n) is 13.4. The Morgan fingerprint density at radius 2 is 2.00 bits per heavy atom. The molecule has 1 aliphatic heterocycles. The van der Waals surface area contributed by atoms with Crippen LogP contribution >= 0.6 is 0 Å². The van der Waals surface area contributed by atoms with Crippen LogP contribution in [0.25, 0.3) is 0 Å². The Morgan fingerprint density at radius 1 is 1.32 bits per heavy atom. The Hall–Kier alpha value is -2.04. The number of carbonyl (C=O) groups excluding carboxylic acids is 1. The third-order valence-electron chi connectivity index (χ3n) is 4.78. The van der Waals surface area contributed by atoms with Crippen molar-refractivity contribution in [3.8, 4) is 5.75 Å². The zero-order chi connectivity index (χ0) is 16.3. The van der Waals surface area contributed by atoms with Crippen molar-refractivity contribution in [2.45, 2.75) is 39.5 Å². The number of carboxylic acids is 1. The maximum absolute atomic E-state index is 12.6. The van der Waals surface area contributed by atoms with E-state index in [2.05, 4.69) is 0 Å². The van der Waals surface area contributed by atoms with Gasteiger partial charge in [-0.25, -0.2) is 0 Å². The van der Waals surface area contributed by atoms with E-state index in [9.17, 15) is 14.7 Å². The predicted molar refractivity (Wildman–Crippen MR) is 84.3 cm³/mol. The Balaban J connectivity index is 2.21. The van der Waals surface area contributed by atoms with Crippen LogP contribution in [0.1, 0.15) is 38.7 Å². The number of aliphatic carboxylic acids is 1. The fraction of sp³-hybridized carbons (Fsp3) is 0.529. The topological polar surface area (TPSA) is 66.8 Å². The molecule has 0 saturated heterocycles. The molecule has 0 spiro atoms. The van der Waals surface area contributed by atoms with E-state index in [0.717, 1.165) is 23.4 Å². The highest BCUT2D eigenvalue weighted by molar-refractivity contribution is 5.98. The number of carbonyl (C=O) groups is 2. The van der Waals surface area contributed by atoms with Gasteiger partial charge in [-0.15, -0.1) is 0 Å². The third kappa shape index (κ3) is 2.80. The standard InChI is InChI=1S/C17H23NO4/c1-4-17(5-2,16(20)21)11-15(19)18-9-8-12-10-13(22-3)6-7-14(12)18/h6-7,10H,4-5,8-9,11H2,1-3H3,(H,20,21). The second-order valence-electron chi connectivity index (χ2n) is 5.76. The van der Waals surface area contributed by atoms with Crippen molar-refractivity contribution in [2.24, 2.45) is 5.41 Å². The van der Waals surface area contributed by atoms with Crippen molar-refractivity contribution in [1.29, 1.82) is 0 Å². The van der Waals surface area contributed by atoms with Gasteiger partial charge in [0.25, 0.3) is 0 Å². The first kappa shape index (κ1) is 16.3. The second-order valence-corrected chi connectivity index (χ2v) is 5.76. The van der Waals surface area contributed by atoms with Gasteiger partial charge in [-0.05, 0) is 43.0 Å². The molecule has 0 radical (unpaired) electrons. The van der Waals surface area contributed by atoms with E-state index in [4.69, 9.17) is 4.74 Å². The number of methoxy groups -OCH3 is 1. The highest BCUT2D eigenvalue weighted by Crippen LogP contribution is 2.36. The maximum atomic E-state index is 12.6. The summed E-state index contributed by atoms with van der Waals surface area (Å²) in [6, 6.07) is 5.64. The first-order valence-corrected chi connectivity index (χ1v) is 7.68. The maximum Gasteiger partial charge on any atom is 0.310 e. The molecule has 2 rings (SSSR count). The molecule has 0 bridgehead atoms. The fourth-order valence-electron chi connectivity index (χ4n) is 3.03. The summed E-state index contributed by atoms with van der Waals surface area (Å²) in [6.45, 7) is 4.26. The molecule has 5 nitrogen and oxygen atoms in total. The molecule has 1 aliphatic rings. The summed E-state index contributed by atoms with van der Waals surface area (Å²) in [5, 5.41) is 9.49. The van der Waals surface area contributed by atoms with E-state index in [0.29, 0.717) is 19.4 Å². The molecule has 0 saturated carbocycles. The molecule has 1 heterocycles. The molecular formula is C17H23NO4. The van der Waals surface area contributed by atoms with Crippen LogP contribution in [0.2, 0.25) is 0 Å². The number of hydrogen-bond donors (Lipinski definition) is 1. The number of benzene rings is 1. The number of nitrogens with zero attached hydrogens (tertiary/aromatic N) is 1. The third-order valence-corrected chi connectivity index (χ3v) is 4.78. The summed E-state index contributed by atoms with van der Waals surface area (Å²) in [5.41, 5.74) is 0.977. The Kier molecular flexibility index (Phi) is 4.74. The van der Waals surface area contributed by atoms with E-state index < -0.39 is 11.4 Å². The van der Waals surface area contributed by atoms with Gasteiger partial charge in [0.15, 0.2) is 0 Å².